The van der Waals surface area contributed by atoms with Crippen molar-refractivity contribution in [3.63, 3.8) is 0 Å². The van der Waals surface area contributed by atoms with Crippen LogP contribution in [-0.2, 0) is 0 Å². The van der Waals surface area contributed by atoms with E-state index in [0.717, 1.165) is 5.75 Å². The Bertz CT molecular complexity index is 55.8. The van der Waals surface area contributed by atoms with Crippen LogP contribution in [0.3, 0.4) is 0 Å². The Morgan fingerprint density at radius 2 is 2.17 bits per heavy atom. The van der Waals surface area contributed by atoms with E-state index in [1.54, 1.807) is 10.8 Å². The normalized spacial score (nSPS) is 45.0. The maximum absolute atomic E-state index is 8.72. The fourth-order valence-corrected chi connectivity index (χ4v) is 2.43. The molecule has 1 aliphatic heterocycles. The Morgan fingerprint density at radius 3 is 2.17 bits per heavy atom. The summed E-state index contributed by atoms with van der Waals surface area (Å²) in [6.07, 6.45) is 0. The average molecular weight is 140 g/mol. The molecule has 0 aromatic heterocycles. The lowest BCUT2D eigenvalue weighted by Gasteiger charge is -2.28. The topological polar surface area (TPSA) is 20.2 Å². The Balaban J connectivity index is 2.31. The summed E-state index contributed by atoms with van der Waals surface area (Å²) in [5, 5.41) is 8.72. The molecule has 0 spiro atoms. The molecule has 0 radical (unpaired) electrons. The molecule has 1 unspecified atom stereocenters. The van der Waals surface area contributed by atoms with E-state index >= 15 is 0 Å². The quantitative estimate of drug-likeness (QED) is 0.297. The zero-order valence-electron chi connectivity index (χ0n) is 2.92. The van der Waals surface area contributed by atoms with E-state index in [-0.39, 0.29) is 0 Å². The van der Waals surface area contributed by atoms with Crippen molar-refractivity contribution in [3.05, 3.63) is 0 Å². The maximum Gasteiger partial charge on any atom is 0.174 e. The van der Waals surface area contributed by atoms with Gasteiger partial charge in [0.25, 0.3) is 0 Å². The van der Waals surface area contributed by atoms with Crippen molar-refractivity contribution in [1.82, 2.24) is 0 Å². The van der Waals surface area contributed by atoms with Crippen LogP contribution in [0.15, 0.2) is 0 Å². The molecule has 1 saturated heterocycles. The summed E-state index contributed by atoms with van der Waals surface area (Å²) in [5.74, 6) is 0.751. The highest BCUT2D eigenvalue weighted by Gasteiger charge is 2.31. The molecule has 0 bridgehead atoms. The highest BCUT2D eigenvalue weighted by atomic mass is 33.1. The lowest BCUT2D eigenvalue weighted by molar-refractivity contribution is 0.256. The lowest BCUT2D eigenvalue weighted by atomic mass is 10.8. The van der Waals surface area contributed by atoms with Crippen LogP contribution in [0.5, 0.6) is 0 Å². The maximum atomic E-state index is 8.72. The predicted octanol–water partition coefficient (Wildman–Crippen LogP) is 0.957. The summed E-state index contributed by atoms with van der Waals surface area (Å²) in [6, 6.07) is 0. The fourth-order valence-electron chi connectivity index (χ4n) is 0.164. The number of thiol groups is 1. The summed E-state index contributed by atoms with van der Waals surface area (Å²) in [4.78, 5) is 0. The molecule has 0 aromatic carbocycles. The molecule has 0 amide bonds. The van der Waals surface area contributed by atoms with Gasteiger partial charge in [-0.1, -0.05) is 10.8 Å². The molecular formula is C2H4OS3. The Kier molecular flexibility index (Phi) is 1.29. The van der Waals surface area contributed by atoms with Crippen LogP contribution in [0.4, 0.5) is 0 Å². The molecular weight excluding hydrogens is 136 g/mol. The second kappa shape index (κ2) is 1.51. The largest absolute Gasteiger partial charge is 0.369 e. The smallest absolute Gasteiger partial charge is 0.174 e. The van der Waals surface area contributed by atoms with E-state index in [2.05, 4.69) is 12.6 Å². The van der Waals surface area contributed by atoms with Gasteiger partial charge < -0.3 is 5.11 Å². The van der Waals surface area contributed by atoms with Gasteiger partial charge in [-0.3, -0.25) is 0 Å². The Hall–Kier alpha value is 1.01. The van der Waals surface area contributed by atoms with Gasteiger partial charge in [0, 0.05) is 0 Å². The summed E-state index contributed by atoms with van der Waals surface area (Å²) >= 11 is 3.84. The van der Waals surface area contributed by atoms with Gasteiger partial charge in [0.2, 0.25) is 0 Å². The van der Waals surface area contributed by atoms with Crippen LogP contribution >= 0.6 is 34.2 Å². The van der Waals surface area contributed by atoms with Crippen LogP contribution in [-0.4, -0.2) is 15.1 Å². The van der Waals surface area contributed by atoms with Crippen molar-refractivity contribution in [1.29, 1.82) is 0 Å². The van der Waals surface area contributed by atoms with E-state index in [9.17, 15) is 0 Å². The Morgan fingerprint density at radius 1 is 1.83 bits per heavy atom. The van der Waals surface area contributed by atoms with E-state index in [1.807, 2.05) is 0 Å². The van der Waals surface area contributed by atoms with Gasteiger partial charge in [-0.05, 0) is 10.8 Å². The van der Waals surface area contributed by atoms with E-state index in [1.165, 1.54) is 10.8 Å². The lowest BCUT2D eigenvalue weighted by Crippen LogP contribution is -2.24. The minimum absolute atomic E-state index is 0.704. The minimum atomic E-state index is -0.704. The molecule has 1 rings (SSSR count). The molecule has 1 fully saturated rings. The van der Waals surface area contributed by atoms with Crippen LogP contribution < -0.4 is 0 Å². The zero-order valence-corrected chi connectivity index (χ0v) is 5.45. The average Bonchev–Trinajstić information content (AvgIpc) is 1.32. The van der Waals surface area contributed by atoms with Crippen molar-refractivity contribution in [2.75, 3.05) is 5.75 Å². The molecule has 1 N–H and O–H groups in total. The van der Waals surface area contributed by atoms with Gasteiger partial charge in [-0.25, -0.2) is 0 Å². The van der Waals surface area contributed by atoms with Gasteiger partial charge >= 0.3 is 0 Å². The molecule has 0 aliphatic carbocycles. The SMILES string of the molecule is OC1(S)CSS1. The van der Waals surface area contributed by atoms with Gasteiger partial charge in [-0.15, -0.1) is 12.6 Å². The second-order valence-electron chi connectivity index (χ2n) is 1.09. The van der Waals surface area contributed by atoms with Crippen LogP contribution in [0, 0.1) is 0 Å². The van der Waals surface area contributed by atoms with E-state index in [0.29, 0.717) is 0 Å². The van der Waals surface area contributed by atoms with Gasteiger partial charge in [0.05, 0.1) is 5.75 Å². The van der Waals surface area contributed by atoms with Crippen LogP contribution in [0.2, 0.25) is 0 Å². The molecule has 1 heterocycles. The second-order valence-corrected chi connectivity index (χ2v) is 4.70. The number of rotatable bonds is 0. The van der Waals surface area contributed by atoms with Crippen molar-refractivity contribution in [2.45, 2.75) is 4.27 Å². The first kappa shape index (κ1) is 5.15. The van der Waals surface area contributed by atoms with E-state index < -0.39 is 4.27 Å². The molecule has 1 aliphatic rings. The first-order valence-corrected chi connectivity index (χ1v) is 4.23. The summed E-state index contributed by atoms with van der Waals surface area (Å²) < 4.78 is -0.704. The summed E-state index contributed by atoms with van der Waals surface area (Å²) in [7, 11) is 3.03. The van der Waals surface area contributed by atoms with Crippen LogP contribution in [0.25, 0.3) is 0 Å². The highest BCUT2D eigenvalue weighted by molar-refractivity contribution is 8.81. The first-order chi connectivity index (χ1) is 2.71. The molecule has 1 nitrogen and oxygen atoms in total. The predicted molar refractivity (Wildman–Crippen MR) is 34.0 cm³/mol. The standard InChI is InChI=1S/C2H4OS3/c3-2(4)1-5-6-2/h3-4H,1H2. The minimum Gasteiger partial charge on any atom is -0.369 e. The number of aliphatic hydroxyl groups is 1. The third-order valence-corrected chi connectivity index (χ3v) is 4.24. The molecule has 1 atom stereocenters. The molecule has 4 heteroatoms. The fraction of sp³-hybridized carbons (Fsp3) is 1.00. The van der Waals surface area contributed by atoms with Crippen molar-refractivity contribution in [3.8, 4) is 0 Å². The van der Waals surface area contributed by atoms with Crippen LogP contribution in [0.1, 0.15) is 0 Å². The zero-order chi connectivity index (χ0) is 4.62. The van der Waals surface area contributed by atoms with Gasteiger partial charge in [0.15, 0.2) is 4.27 Å². The van der Waals surface area contributed by atoms with Crippen molar-refractivity contribution < 1.29 is 5.11 Å². The molecule has 0 aromatic rings. The molecule has 0 saturated carbocycles. The van der Waals surface area contributed by atoms with Crippen molar-refractivity contribution >= 4 is 34.2 Å². The van der Waals surface area contributed by atoms with Crippen molar-refractivity contribution in [2.24, 2.45) is 0 Å². The number of hydrogen-bond donors (Lipinski definition) is 2. The van der Waals surface area contributed by atoms with Gasteiger partial charge in [0.1, 0.15) is 0 Å². The number of hydrogen-bond acceptors (Lipinski definition) is 4. The monoisotopic (exact) mass is 140 g/mol. The highest BCUT2D eigenvalue weighted by Crippen LogP contribution is 2.50. The van der Waals surface area contributed by atoms with E-state index in [4.69, 9.17) is 5.11 Å². The summed E-state index contributed by atoms with van der Waals surface area (Å²) in [5.41, 5.74) is 0. The third-order valence-electron chi connectivity index (χ3n) is 0.439. The van der Waals surface area contributed by atoms with Gasteiger partial charge in [-0.2, -0.15) is 0 Å². The third kappa shape index (κ3) is 0.992. The molecule has 6 heavy (non-hydrogen) atoms. The molecule has 36 valence electrons. The first-order valence-electron chi connectivity index (χ1n) is 1.46. The Labute approximate surface area is 49.7 Å². The summed E-state index contributed by atoms with van der Waals surface area (Å²) in [6.45, 7) is 0.